The summed E-state index contributed by atoms with van der Waals surface area (Å²) in [7, 11) is 0. The second-order valence-corrected chi connectivity index (χ2v) is 3.85. The van der Waals surface area contributed by atoms with Gasteiger partial charge in [-0.2, -0.15) is 5.10 Å². The summed E-state index contributed by atoms with van der Waals surface area (Å²) < 4.78 is 1.81. The zero-order valence-corrected chi connectivity index (χ0v) is 9.20. The summed E-state index contributed by atoms with van der Waals surface area (Å²) in [4.78, 5) is 0. The molecule has 0 radical (unpaired) electrons. The van der Waals surface area contributed by atoms with Crippen LogP contribution in [-0.2, 0) is 6.54 Å². The van der Waals surface area contributed by atoms with Gasteiger partial charge in [-0.15, -0.1) is 0 Å². The highest BCUT2D eigenvalue weighted by Crippen LogP contribution is 2.19. The maximum Gasteiger partial charge on any atom is 0.0649 e. The number of hydrogen-bond acceptors (Lipinski definition) is 2. The van der Waals surface area contributed by atoms with Gasteiger partial charge in [-0.05, 0) is 36.2 Å². The molecule has 0 unspecified atom stereocenters. The van der Waals surface area contributed by atoms with Crippen LogP contribution in [0.5, 0.6) is 0 Å². The maximum absolute atomic E-state index is 5.98. The summed E-state index contributed by atoms with van der Waals surface area (Å²) >= 11 is 5.98. The molecule has 0 saturated heterocycles. The highest BCUT2D eigenvalue weighted by Gasteiger charge is 2.02. The SMILES string of the molecule is Cc1cnn(-c2ccc(Cl)c(CN)c2)c1. The zero-order chi connectivity index (χ0) is 10.8. The lowest BCUT2D eigenvalue weighted by Crippen LogP contribution is -2.00. The average Bonchev–Trinajstić information content (AvgIpc) is 2.66. The predicted octanol–water partition coefficient (Wildman–Crippen LogP) is 2.29. The van der Waals surface area contributed by atoms with Crippen LogP contribution in [0.15, 0.2) is 30.6 Å². The summed E-state index contributed by atoms with van der Waals surface area (Å²) in [5, 5.41) is 4.92. The van der Waals surface area contributed by atoms with E-state index in [-0.39, 0.29) is 0 Å². The molecule has 1 heterocycles. The van der Waals surface area contributed by atoms with Gasteiger partial charge in [0.05, 0.1) is 11.9 Å². The smallest absolute Gasteiger partial charge is 0.0649 e. The van der Waals surface area contributed by atoms with Crippen LogP contribution in [0.2, 0.25) is 5.02 Å². The Morgan fingerprint density at radius 2 is 2.27 bits per heavy atom. The molecule has 15 heavy (non-hydrogen) atoms. The number of aryl methyl sites for hydroxylation is 1. The van der Waals surface area contributed by atoms with Crippen LogP contribution < -0.4 is 5.73 Å². The Bertz CT molecular complexity index is 476. The first kappa shape index (κ1) is 10.2. The van der Waals surface area contributed by atoms with Crippen molar-refractivity contribution >= 4 is 11.6 Å². The molecule has 3 nitrogen and oxygen atoms in total. The van der Waals surface area contributed by atoms with Crippen molar-refractivity contribution in [3.8, 4) is 5.69 Å². The Kier molecular flexibility index (Phi) is 2.75. The Labute approximate surface area is 93.5 Å². The van der Waals surface area contributed by atoms with Crippen molar-refractivity contribution in [1.29, 1.82) is 0 Å². The van der Waals surface area contributed by atoms with Crippen LogP contribution in [0.1, 0.15) is 11.1 Å². The Morgan fingerprint density at radius 3 is 2.87 bits per heavy atom. The molecule has 0 amide bonds. The molecule has 0 fully saturated rings. The highest BCUT2D eigenvalue weighted by atomic mass is 35.5. The van der Waals surface area contributed by atoms with Gasteiger partial charge < -0.3 is 5.73 Å². The first-order valence-electron chi connectivity index (χ1n) is 4.71. The molecular formula is C11H12ClN3. The first-order valence-corrected chi connectivity index (χ1v) is 5.08. The van der Waals surface area contributed by atoms with Crippen LogP contribution in [0.3, 0.4) is 0 Å². The minimum absolute atomic E-state index is 0.437. The van der Waals surface area contributed by atoms with Crippen molar-refractivity contribution in [3.63, 3.8) is 0 Å². The maximum atomic E-state index is 5.98. The van der Waals surface area contributed by atoms with Gasteiger partial charge in [0, 0.05) is 17.8 Å². The average molecular weight is 222 g/mol. The monoisotopic (exact) mass is 221 g/mol. The third kappa shape index (κ3) is 2.03. The van der Waals surface area contributed by atoms with Crippen molar-refractivity contribution in [2.45, 2.75) is 13.5 Å². The van der Waals surface area contributed by atoms with Gasteiger partial charge in [-0.25, -0.2) is 4.68 Å². The molecule has 0 aliphatic heterocycles. The minimum atomic E-state index is 0.437. The van der Waals surface area contributed by atoms with Crippen LogP contribution in [-0.4, -0.2) is 9.78 Å². The first-order chi connectivity index (χ1) is 7.20. The predicted molar refractivity (Wildman–Crippen MR) is 61.2 cm³/mol. The van der Waals surface area contributed by atoms with Crippen molar-refractivity contribution in [2.24, 2.45) is 5.73 Å². The molecule has 78 valence electrons. The van der Waals surface area contributed by atoms with E-state index in [9.17, 15) is 0 Å². The van der Waals surface area contributed by atoms with E-state index in [0.29, 0.717) is 11.6 Å². The van der Waals surface area contributed by atoms with Crippen molar-refractivity contribution in [1.82, 2.24) is 9.78 Å². The van der Waals surface area contributed by atoms with E-state index >= 15 is 0 Å². The largest absolute Gasteiger partial charge is 0.326 e. The van der Waals surface area contributed by atoms with Gasteiger partial charge >= 0.3 is 0 Å². The molecule has 0 bridgehead atoms. The van der Waals surface area contributed by atoms with E-state index in [1.807, 2.05) is 42.2 Å². The standard InChI is InChI=1S/C11H12ClN3/c1-8-6-14-15(7-8)10-2-3-11(12)9(4-10)5-13/h2-4,6-7H,5,13H2,1H3. The van der Waals surface area contributed by atoms with Crippen molar-refractivity contribution in [2.75, 3.05) is 0 Å². The minimum Gasteiger partial charge on any atom is -0.326 e. The highest BCUT2D eigenvalue weighted by molar-refractivity contribution is 6.31. The molecule has 2 N–H and O–H groups in total. The molecule has 2 aromatic rings. The van der Waals surface area contributed by atoms with E-state index in [2.05, 4.69) is 5.10 Å². The number of nitrogens with zero attached hydrogens (tertiary/aromatic N) is 2. The zero-order valence-electron chi connectivity index (χ0n) is 8.44. The van der Waals surface area contributed by atoms with Gasteiger partial charge in [0.25, 0.3) is 0 Å². The van der Waals surface area contributed by atoms with Crippen molar-refractivity contribution in [3.05, 3.63) is 46.7 Å². The fraction of sp³-hybridized carbons (Fsp3) is 0.182. The molecule has 0 saturated carbocycles. The fourth-order valence-corrected chi connectivity index (χ4v) is 1.61. The van der Waals surface area contributed by atoms with Gasteiger partial charge in [0.1, 0.15) is 0 Å². The summed E-state index contributed by atoms with van der Waals surface area (Å²) in [6.07, 6.45) is 3.78. The van der Waals surface area contributed by atoms with Gasteiger partial charge in [-0.1, -0.05) is 11.6 Å². The van der Waals surface area contributed by atoms with E-state index < -0.39 is 0 Å². The van der Waals surface area contributed by atoms with E-state index in [0.717, 1.165) is 16.8 Å². The molecular weight excluding hydrogens is 210 g/mol. The van der Waals surface area contributed by atoms with Crippen LogP contribution in [0.4, 0.5) is 0 Å². The second-order valence-electron chi connectivity index (χ2n) is 3.44. The van der Waals surface area contributed by atoms with E-state index in [4.69, 9.17) is 17.3 Å². The molecule has 0 atom stereocenters. The molecule has 0 aliphatic rings. The number of halogens is 1. The lowest BCUT2D eigenvalue weighted by atomic mass is 10.2. The quantitative estimate of drug-likeness (QED) is 0.846. The molecule has 0 spiro atoms. The number of benzene rings is 1. The van der Waals surface area contributed by atoms with Gasteiger partial charge in [0.2, 0.25) is 0 Å². The van der Waals surface area contributed by atoms with E-state index in [1.165, 1.54) is 0 Å². The third-order valence-corrected chi connectivity index (χ3v) is 2.59. The normalized spacial score (nSPS) is 10.6. The lowest BCUT2D eigenvalue weighted by Gasteiger charge is -2.05. The summed E-state index contributed by atoms with van der Waals surface area (Å²) in [6, 6.07) is 5.72. The second kappa shape index (κ2) is 4.04. The van der Waals surface area contributed by atoms with Crippen molar-refractivity contribution < 1.29 is 0 Å². The molecule has 2 rings (SSSR count). The van der Waals surface area contributed by atoms with Crippen LogP contribution in [0.25, 0.3) is 5.69 Å². The molecule has 1 aromatic carbocycles. The number of nitrogens with two attached hydrogens (primary N) is 1. The Morgan fingerprint density at radius 1 is 1.47 bits per heavy atom. The number of hydrogen-bond donors (Lipinski definition) is 1. The Hall–Kier alpha value is -1.32. The van der Waals surface area contributed by atoms with E-state index in [1.54, 1.807) is 0 Å². The lowest BCUT2D eigenvalue weighted by molar-refractivity contribution is 0.876. The number of rotatable bonds is 2. The van der Waals surface area contributed by atoms with Crippen LogP contribution >= 0.6 is 11.6 Å². The summed E-state index contributed by atoms with van der Waals surface area (Å²) in [5.74, 6) is 0. The van der Waals surface area contributed by atoms with Gasteiger partial charge in [0.15, 0.2) is 0 Å². The van der Waals surface area contributed by atoms with Gasteiger partial charge in [-0.3, -0.25) is 0 Å². The fourth-order valence-electron chi connectivity index (χ4n) is 1.41. The van der Waals surface area contributed by atoms with Crippen LogP contribution in [0, 0.1) is 6.92 Å². The molecule has 4 heteroatoms. The molecule has 1 aromatic heterocycles. The topological polar surface area (TPSA) is 43.8 Å². The summed E-state index contributed by atoms with van der Waals surface area (Å²) in [5.41, 5.74) is 8.63. The summed E-state index contributed by atoms with van der Waals surface area (Å²) in [6.45, 7) is 2.44. The Balaban J connectivity index is 2.45. The third-order valence-electron chi connectivity index (χ3n) is 2.23. The number of aromatic nitrogens is 2. The molecule has 0 aliphatic carbocycles.